The van der Waals surface area contributed by atoms with Crippen molar-refractivity contribution in [2.75, 3.05) is 0 Å². The fourth-order valence-corrected chi connectivity index (χ4v) is 2.86. The summed E-state index contributed by atoms with van der Waals surface area (Å²) in [6, 6.07) is 16.6. The first-order valence-electron chi connectivity index (χ1n) is 8.05. The Balaban J connectivity index is 1.91. The van der Waals surface area contributed by atoms with Gasteiger partial charge in [0, 0.05) is 22.3 Å². The van der Waals surface area contributed by atoms with Crippen LogP contribution in [0.5, 0.6) is 0 Å². The molecule has 0 aliphatic carbocycles. The van der Waals surface area contributed by atoms with Crippen molar-refractivity contribution in [1.29, 1.82) is 0 Å². The third kappa shape index (κ3) is 5.43. The number of carbonyl (C=O) groups is 1. The molecule has 0 heterocycles. The summed E-state index contributed by atoms with van der Waals surface area (Å²) >= 11 is 1.81. The Kier molecular flexibility index (Phi) is 6.28. The molecule has 1 atom stereocenters. The lowest BCUT2D eigenvalue weighted by atomic mass is 10.1. The van der Waals surface area contributed by atoms with Crippen molar-refractivity contribution in [3.8, 4) is 0 Å². The van der Waals surface area contributed by atoms with Gasteiger partial charge >= 0.3 is 0 Å². The molecule has 1 amide bonds. The van der Waals surface area contributed by atoms with E-state index in [1.54, 1.807) is 0 Å². The molecule has 2 rings (SSSR count). The third-order valence-electron chi connectivity index (χ3n) is 4.00. The highest BCUT2D eigenvalue weighted by molar-refractivity contribution is 7.98. The standard InChI is InChI=1S/C20H25NOS/c1-14(2)16(4)21-20(22)18-9-7-17(8-10-18)13-23-19-11-5-15(3)6-12-19/h5-12,14,16H,13H2,1-4H3,(H,21,22)/t16-/m0/s1. The highest BCUT2D eigenvalue weighted by atomic mass is 32.2. The Morgan fingerprint density at radius 2 is 1.61 bits per heavy atom. The van der Waals surface area contributed by atoms with Crippen molar-refractivity contribution < 1.29 is 4.79 Å². The molecule has 2 nitrogen and oxygen atoms in total. The van der Waals surface area contributed by atoms with Crippen LogP contribution in [0.1, 0.15) is 42.3 Å². The first-order valence-corrected chi connectivity index (χ1v) is 9.03. The third-order valence-corrected chi connectivity index (χ3v) is 5.08. The van der Waals surface area contributed by atoms with Gasteiger partial charge < -0.3 is 5.32 Å². The molecule has 23 heavy (non-hydrogen) atoms. The quantitative estimate of drug-likeness (QED) is 0.751. The van der Waals surface area contributed by atoms with Gasteiger partial charge in [-0.2, -0.15) is 0 Å². The van der Waals surface area contributed by atoms with Crippen LogP contribution in [0.3, 0.4) is 0 Å². The lowest BCUT2D eigenvalue weighted by Gasteiger charge is -2.17. The second-order valence-corrected chi connectivity index (χ2v) is 7.35. The Hall–Kier alpha value is -1.74. The van der Waals surface area contributed by atoms with Crippen molar-refractivity contribution in [3.63, 3.8) is 0 Å². The number of thioether (sulfide) groups is 1. The lowest BCUT2D eigenvalue weighted by molar-refractivity contribution is 0.0930. The second-order valence-electron chi connectivity index (χ2n) is 6.30. The maximum absolute atomic E-state index is 12.2. The van der Waals surface area contributed by atoms with Gasteiger partial charge in [0.15, 0.2) is 0 Å². The molecular weight excluding hydrogens is 302 g/mol. The zero-order valence-electron chi connectivity index (χ0n) is 14.3. The molecule has 122 valence electrons. The summed E-state index contributed by atoms with van der Waals surface area (Å²) in [4.78, 5) is 13.4. The van der Waals surface area contributed by atoms with E-state index in [0.29, 0.717) is 5.92 Å². The second kappa shape index (κ2) is 8.21. The molecule has 0 aromatic heterocycles. The maximum atomic E-state index is 12.2. The zero-order valence-corrected chi connectivity index (χ0v) is 15.1. The molecule has 0 saturated carbocycles. The van der Waals surface area contributed by atoms with Crippen LogP contribution < -0.4 is 5.32 Å². The summed E-state index contributed by atoms with van der Waals surface area (Å²) in [5.74, 6) is 1.35. The van der Waals surface area contributed by atoms with Gasteiger partial charge in [0.2, 0.25) is 0 Å². The van der Waals surface area contributed by atoms with Crippen LogP contribution in [0, 0.1) is 12.8 Å². The van der Waals surface area contributed by atoms with Crippen LogP contribution >= 0.6 is 11.8 Å². The van der Waals surface area contributed by atoms with E-state index in [4.69, 9.17) is 0 Å². The van der Waals surface area contributed by atoms with Gasteiger partial charge in [0.05, 0.1) is 0 Å². The number of aryl methyl sites for hydroxylation is 1. The predicted molar refractivity (Wildman–Crippen MR) is 98.9 cm³/mol. The molecule has 0 fully saturated rings. The number of rotatable bonds is 6. The molecule has 0 spiro atoms. The molecule has 0 saturated heterocycles. The fourth-order valence-electron chi connectivity index (χ4n) is 2.01. The summed E-state index contributed by atoms with van der Waals surface area (Å²) in [6.07, 6.45) is 0. The van der Waals surface area contributed by atoms with Gasteiger partial charge in [-0.25, -0.2) is 0 Å². The lowest BCUT2D eigenvalue weighted by Crippen LogP contribution is -2.36. The molecule has 0 bridgehead atoms. The average molecular weight is 327 g/mol. The minimum atomic E-state index is 0.00365. The van der Waals surface area contributed by atoms with E-state index in [9.17, 15) is 4.79 Å². The van der Waals surface area contributed by atoms with E-state index in [0.717, 1.165) is 11.3 Å². The number of benzene rings is 2. The number of hydrogen-bond acceptors (Lipinski definition) is 2. The van der Waals surface area contributed by atoms with E-state index in [1.807, 2.05) is 43.0 Å². The molecule has 3 heteroatoms. The van der Waals surface area contributed by atoms with Crippen molar-refractivity contribution in [1.82, 2.24) is 5.32 Å². The minimum absolute atomic E-state index is 0.00365. The summed E-state index contributed by atoms with van der Waals surface area (Å²) in [6.45, 7) is 8.35. The summed E-state index contributed by atoms with van der Waals surface area (Å²) < 4.78 is 0. The largest absolute Gasteiger partial charge is 0.349 e. The van der Waals surface area contributed by atoms with Crippen molar-refractivity contribution in [2.24, 2.45) is 5.92 Å². The monoisotopic (exact) mass is 327 g/mol. The highest BCUT2D eigenvalue weighted by Gasteiger charge is 2.12. The molecule has 2 aromatic rings. The van der Waals surface area contributed by atoms with E-state index in [-0.39, 0.29) is 11.9 Å². The van der Waals surface area contributed by atoms with Crippen molar-refractivity contribution in [2.45, 2.75) is 44.4 Å². The molecule has 1 N–H and O–H groups in total. The summed E-state index contributed by atoms with van der Waals surface area (Å²) in [5.41, 5.74) is 3.23. The van der Waals surface area contributed by atoms with E-state index in [1.165, 1.54) is 16.0 Å². The number of carbonyl (C=O) groups excluding carboxylic acids is 1. The summed E-state index contributed by atoms with van der Waals surface area (Å²) in [5, 5.41) is 3.03. The Bertz CT molecular complexity index is 632. The first kappa shape index (κ1) is 17.6. The zero-order chi connectivity index (χ0) is 16.8. The van der Waals surface area contributed by atoms with Gasteiger partial charge in [-0.1, -0.05) is 43.7 Å². The smallest absolute Gasteiger partial charge is 0.251 e. The van der Waals surface area contributed by atoms with Gasteiger partial charge in [-0.3, -0.25) is 4.79 Å². The van der Waals surface area contributed by atoms with Crippen LogP contribution in [0.4, 0.5) is 0 Å². The van der Waals surface area contributed by atoms with Crippen LogP contribution in [-0.4, -0.2) is 11.9 Å². The number of nitrogens with one attached hydrogen (secondary N) is 1. The Morgan fingerprint density at radius 1 is 1.00 bits per heavy atom. The molecular formula is C20H25NOS. The molecule has 0 radical (unpaired) electrons. The van der Waals surface area contributed by atoms with Crippen molar-refractivity contribution in [3.05, 3.63) is 65.2 Å². The Morgan fingerprint density at radius 3 is 2.17 bits per heavy atom. The Labute approximate surface area is 143 Å². The fraction of sp³-hybridized carbons (Fsp3) is 0.350. The first-order chi connectivity index (χ1) is 11.0. The maximum Gasteiger partial charge on any atom is 0.251 e. The SMILES string of the molecule is Cc1ccc(SCc2ccc(C(=O)N[C@@H](C)C(C)C)cc2)cc1. The molecule has 0 aliphatic rings. The topological polar surface area (TPSA) is 29.1 Å². The van der Waals surface area contributed by atoms with E-state index in [2.05, 4.69) is 50.4 Å². The van der Waals surface area contributed by atoms with E-state index < -0.39 is 0 Å². The van der Waals surface area contributed by atoms with Gasteiger partial charge in [-0.05, 0) is 49.6 Å². The highest BCUT2D eigenvalue weighted by Crippen LogP contribution is 2.23. The number of amides is 1. The molecule has 0 unspecified atom stereocenters. The van der Waals surface area contributed by atoms with Crippen LogP contribution in [0.15, 0.2) is 53.4 Å². The van der Waals surface area contributed by atoms with E-state index >= 15 is 0 Å². The van der Waals surface area contributed by atoms with Crippen LogP contribution in [-0.2, 0) is 5.75 Å². The van der Waals surface area contributed by atoms with Crippen molar-refractivity contribution >= 4 is 17.7 Å². The van der Waals surface area contributed by atoms with Gasteiger partial charge in [0.25, 0.3) is 5.91 Å². The molecule has 0 aliphatic heterocycles. The predicted octanol–water partition coefficient (Wildman–Crippen LogP) is 5.06. The van der Waals surface area contributed by atoms with Crippen LogP contribution in [0.25, 0.3) is 0 Å². The summed E-state index contributed by atoms with van der Waals surface area (Å²) in [7, 11) is 0. The normalized spacial score (nSPS) is 12.2. The van der Waals surface area contributed by atoms with Crippen LogP contribution in [0.2, 0.25) is 0 Å². The average Bonchev–Trinajstić information content (AvgIpc) is 2.54. The van der Waals surface area contributed by atoms with Gasteiger partial charge in [0.1, 0.15) is 0 Å². The number of hydrogen-bond donors (Lipinski definition) is 1. The molecule has 2 aromatic carbocycles. The van der Waals surface area contributed by atoms with Gasteiger partial charge in [-0.15, -0.1) is 11.8 Å². The minimum Gasteiger partial charge on any atom is -0.349 e.